The van der Waals surface area contributed by atoms with Crippen molar-refractivity contribution in [2.24, 2.45) is 7.05 Å². The first-order valence-electron chi connectivity index (χ1n) is 6.16. The largest absolute Gasteiger partial charge is 0.503 e. The van der Waals surface area contributed by atoms with E-state index in [9.17, 15) is 9.90 Å². The highest BCUT2D eigenvalue weighted by Gasteiger charge is 2.10. The zero-order chi connectivity index (χ0) is 14.1. The predicted molar refractivity (Wildman–Crippen MR) is 76.4 cm³/mol. The number of hydrogen-bond acceptors (Lipinski definition) is 3. The van der Waals surface area contributed by atoms with Crippen LogP contribution < -0.4 is 5.43 Å². The Morgan fingerprint density at radius 3 is 2.65 bits per heavy atom. The van der Waals surface area contributed by atoms with E-state index < -0.39 is 5.43 Å². The van der Waals surface area contributed by atoms with Crippen LogP contribution in [0.25, 0.3) is 22.6 Å². The van der Waals surface area contributed by atoms with E-state index in [2.05, 4.69) is 10.1 Å². The van der Waals surface area contributed by atoms with Crippen molar-refractivity contribution in [3.63, 3.8) is 0 Å². The fraction of sp³-hybridized carbons (Fsp3) is 0.0667. The molecule has 1 aromatic carbocycles. The first-order valence-corrected chi connectivity index (χ1v) is 6.16. The van der Waals surface area contributed by atoms with Gasteiger partial charge < -0.3 is 10.1 Å². The number of hydrogen-bond donors (Lipinski definition) is 2. The molecule has 2 aromatic heterocycles. The van der Waals surface area contributed by atoms with E-state index in [0.717, 1.165) is 17.0 Å². The molecule has 0 bridgehead atoms. The normalized spacial score (nSPS) is 10.7. The Morgan fingerprint density at radius 2 is 1.95 bits per heavy atom. The lowest BCUT2D eigenvalue weighted by molar-refractivity contribution is 0.467. The maximum Gasteiger partial charge on any atom is 0.223 e. The van der Waals surface area contributed by atoms with Gasteiger partial charge in [0.1, 0.15) is 0 Å². The summed E-state index contributed by atoms with van der Waals surface area (Å²) >= 11 is 0. The summed E-state index contributed by atoms with van der Waals surface area (Å²) in [5.41, 5.74) is 2.82. The maximum atomic E-state index is 11.5. The highest BCUT2D eigenvalue weighted by Crippen LogP contribution is 2.23. The third-order valence-electron chi connectivity index (χ3n) is 3.12. The molecule has 0 saturated heterocycles. The van der Waals surface area contributed by atoms with Crippen LogP contribution in [0.1, 0.15) is 0 Å². The van der Waals surface area contributed by atoms with Crippen molar-refractivity contribution in [2.75, 3.05) is 0 Å². The quantitative estimate of drug-likeness (QED) is 0.747. The van der Waals surface area contributed by atoms with Gasteiger partial charge in [0.25, 0.3) is 0 Å². The van der Waals surface area contributed by atoms with Gasteiger partial charge in [-0.25, -0.2) is 0 Å². The second kappa shape index (κ2) is 4.70. The maximum absolute atomic E-state index is 11.5. The van der Waals surface area contributed by atoms with Crippen LogP contribution in [0.3, 0.4) is 0 Å². The SMILES string of the molecule is Cn1nc(-c2ccccc2)cc1-c1cc(=O)c(O)c[nH]1. The first kappa shape index (κ1) is 12.2. The Bertz CT molecular complexity index is 803. The molecule has 0 aliphatic heterocycles. The number of H-pyrrole nitrogens is 1. The summed E-state index contributed by atoms with van der Waals surface area (Å²) in [4.78, 5) is 14.4. The van der Waals surface area contributed by atoms with Crippen molar-refractivity contribution in [2.45, 2.75) is 0 Å². The van der Waals surface area contributed by atoms with E-state index in [1.807, 2.05) is 43.4 Å². The average Bonchev–Trinajstić information content (AvgIpc) is 2.85. The predicted octanol–water partition coefficient (Wildman–Crippen LogP) is 2.15. The molecule has 2 heterocycles. The van der Waals surface area contributed by atoms with Crippen molar-refractivity contribution in [3.8, 4) is 28.4 Å². The van der Waals surface area contributed by atoms with Crippen molar-refractivity contribution in [1.82, 2.24) is 14.8 Å². The molecule has 0 spiro atoms. The molecule has 5 nitrogen and oxygen atoms in total. The van der Waals surface area contributed by atoms with E-state index >= 15 is 0 Å². The van der Waals surface area contributed by atoms with Gasteiger partial charge in [0, 0.05) is 24.9 Å². The van der Waals surface area contributed by atoms with Crippen LogP contribution in [-0.4, -0.2) is 19.9 Å². The monoisotopic (exact) mass is 267 g/mol. The van der Waals surface area contributed by atoms with Gasteiger partial charge >= 0.3 is 0 Å². The van der Waals surface area contributed by atoms with Gasteiger partial charge in [-0.3, -0.25) is 9.48 Å². The molecular formula is C15H13N3O2. The van der Waals surface area contributed by atoms with Crippen molar-refractivity contribution in [1.29, 1.82) is 0 Å². The van der Waals surface area contributed by atoms with Crippen LogP contribution >= 0.6 is 0 Å². The fourth-order valence-corrected chi connectivity index (χ4v) is 2.08. The minimum Gasteiger partial charge on any atom is -0.503 e. The van der Waals surface area contributed by atoms with E-state index in [1.54, 1.807) is 4.68 Å². The smallest absolute Gasteiger partial charge is 0.223 e. The van der Waals surface area contributed by atoms with Crippen LogP contribution in [0.2, 0.25) is 0 Å². The van der Waals surface area contributed by atoms with E-state index in [0.29, 0.717) is 5.69 Å². The number of nitrogens with one attached hydrogen (secondary N) is 1. The molecule has 0 fully saturated rings. The Balaban J connectivity index is 2.09. The minimum absolute atomic E-state index is 0.292. The molecule has 0 amide bonds. The summed E-state index contributed by atoms with van der Waals surface area (Å²) in [5.74, 6) is -0.292. The molecule has 3 aromatic rings. The number of aromatic amines is 1. The number of rotatable bonds is 2. The summed E-state index contributed by atoms with van der Waals surface area (Å²) in [6, 6.07) is 13.1. The van der Waals surface area contributed by atoms with Gasteiger partial charge in [-0.15, -0.1) is 0 Å². The summed E-state index contributed by atoms with van der Waals surface area (Å²) in [6.07, 6.45) is 1.28. The second-order valence-electron chi connectivity index (χ2n) is 4.50. The molecule has 2 N–H and O–H groups in total. The lowest BCUT2D eigenvalue weighted by atomic mass is 10.1. The molecule has 0 radical (unpaired) electrons. The van der Waals surface area contributed by atoms with Gasteiger partial charge in [-0.05, 0) is 6.07 Å². The molecule has 0 aliphatic carbocycles. The molecule has 5 heteroatoms. The van der Waals surface area contributed by atoms with Gasteiger partial charge in [0.15, 0.2) is 5.75 Å². The van der Waals surface area contributed by atoms with Crippen molar-refractivity contribution >= 4 is 0 Å². The van der Waals surface area contributed by atoms with Gasteiger partial charge in [-0.1, -0.05) is 30.3 Å². The number of aryl methyl sites for hydroxylation is 1. The van der Waals surface area contributed by atoms with Gasteiger partial charge in [-0.2, -0.15) is 5.10 Å². The molecular weight excluding hydrogens is 254 g/mol. The van der Waals surface area contributed by atoms with Crippen LogP contribution in [0.15, 0.2) is 53.5 Å². The number of nitrogens with zero attached hydrogens (tertiary/aromatic N) is 2. The zero-order valence-corrected chi connectivity index (χ0v) is 10.9. The Kier molecular flexibility index (Phi) is 2.87. The average molecular weight is 267 g/mol. The van der Waals surface area contributed by atoms with Crippen LogP contribution in [0, 0.1) is 0 Å². The lowest BCUT2D eigenvalue weighted by Gasteiger charge is -2.01. The van der Waals surface area contributed by atoms with Crippen LogP contribution in [0.5, 0.6) is 5.75 Å². The Labute approximate surface area is 115 Å². The summed E-state index contributed by atoms with van der Waals surface area (Å²) in [6.45, 7) is 0. The molecule has 3 rings (SSSR count). The molecule has 0 unspecified atom stereocenters. The van der Waals surface area contributed by atoms with Gasteiger partial charge in [0.05, 0.1) is 17.1 Å². The second-order valence-corrected chi connectivity index (χ2v) is 4.50. The van der Waals surface area contributed by atoms with Crippen LogP contribution in [0.4, 0.5) is 0 Å². The molecule has 20 heavy (non-hydrogen) atoms. The molecule has 100 valence electrons. The molecule has 0 atom stereocenters. The Hall–Kier alpha value is -2.82. The molecule has 0 saturated carbocycles. The number of pyridine rings is 1. The Morgan fingerprint density at radius 1 is 1.20 bits per heavy atom. The van der Waals surface area contributed by atoms with E-state index in [4.69, 9.17) is 0 Å². The third-order valence-corrected chi connectivity index (χ3v) is 3.12. The van der Waals surface area contributed by atoms with E-state index in [-0.39, 0.29) is 5.75 Å². The minimum atomic E-state index is -0.416. The number of aromatic nitrogens is 3. The third kappa shape index (κ3) is 2.09. The number of benzene rings is 1. The lowest BCUT2D eigenvalue weighted by Crippen LogP contribution is -2.02. The topological polar surface area (TPSA) is 70.9 Å². The van der Waals surface area contributed by atoms with Crippen molar-refractivity contribution < 1.29 is 5.11 Å². The van der Waals surface area contributed by atoms with E-state index in [1.165, 1.54) is 12.3 Å². The highest BCUT2D eigenvalue weighted by molar-refractivity contribution is 5.66. The zero-order valence-electron chi connectivity index (χ0n) is 10.9. The summed E-state index contributed by atoms with van der Waals surface area (Å²) < 4.78 is 1.70. The fourth-order valence-electron chi connectivity index (χ4n) is 2.08. The standard InChI is InChI=1S/C15H13N3O2/c1-18-13(12-8-14(19)15(20)9-16-12)7-11(17-18)10-5-3-2-4-6-10/h2-9,20H,1H3,(H,16,19). The number of aromatic hydroxyl groups is 1. The van der Waals surface area contributed by atoms with Crippen LogP contribution in [-0.2, 0) is 7.05 Å². The van der Waals surface area contributed by atoms with Gasteiger partial charge in [0.2, 0.25) is 5.43 Å². The summed E-state index contributed by atoms with van der Waals surface area (Å²) in [5, 5.41) is 13.7. The van der Waals surface area contributed by atoms with Crippen molar-refractivity contribution in [3.05, 3.63) is 58.9 Å². The molecule has 0 aliphatic rings. The first-order chi connectivity index (χ1) is 9.65. The summed E-state index contributed by atoms with van der Waals surface area (Å²) in [7, 11) is 1.81. The highest BCUT2D eigenvalue weighted by atomic mass is 16.3.